The van der Waals surface area contributed by atoms with Crippen LogP contribution in [0.15, 0.2) is 0 Å². The Morgan fingerprint density at radius 2 is 2.47 bits per heavy atom. The maximum absolute atomic E-state index is 11.5. The lowest BCUT2D eigenvalue weighted by atomic mass is 10.2. The predicted molar refractivity (Wildman–Crippen MR) is 59.1 cm³/mol. The molecule has 2 rings (SSSR count). The molecule has 0 aliphatic carbocycles. The first-order chi connectivity index (χ1) is 7.20. The van der Waals surface area contributed by atoms with Crippen molar-refractivity contribution < 1.29 is 4.79 Å². The smallest absolute Gasteiger partial charge is 0.298 e. The van der Waals surface area contributed by atoms with Crippen LogP contribution < -0.4 is 5.73 Å². The second-order valence-corrected chi connectivity index (χ2v) is 4.39. The summed E-state index contributed by atoms with van der Waals surface area (Å²) in [5, 5.41) is 0.580. The van der Waals surface area contributed by atoms with Gasteiger partial charge in [0.2, 0.25) is 0 Å². The maximum atomic E-state index is 11.5. The quantitative estimate of drug-likeness (QED) is 0.654. The Labute approximate surface area is 92.1 Å². The first kappa shape index (κ1) is 9.99. The van der Waals surface area contributed by atoms with Gasteiger partial charge in [-0.05, 0) is 12.8 Å². The lowest BCUT2D eigenvalue weighted by molar-refractivity contribution is -0.125. The second-order valence-electron chi connectivity index (χ2n) is 3.27. The summed E-state index contributed by atoms with van der Waals surface area (Å²) in [5.74, 6) is 5.04. The van der Waals surface area contributed by atoms with Gasteiger partial charge >= 0.3 is 0 Å². The monoisotopic (exact) mass is 221 g/mol. The number of anilines is 1. The SMILES string of the molecule is CC#CC(=O)N1CCc2nc(N)sc2C1. The molecule has 1 aromatic heterocycles. The summed E-state index contributed by atoms with van der Waals surface area (Å²) in [4.78, 5) is 18.6. The number of thiazole rings is 1. The number of nitrogens with two attached hydrogens (primary N) is 1. The number of rotatable bonds is 0. The molecule has 2 heterocycles. The van der Waals surface area contributed by atoms with Gasteiger partial charge in [-0.2, -0.15) is 0 Å². The number of nitrogens with zero attached hydrogens (tertiary/aromatic N) is 2. The molecule has 1 aromatic rings. The number of fused-ring (bicyclic) bond motifs is 1. The average Bonchev–Trinajstić information content (AvgIpc) is 2.57. The molecule has 1 aliphatic heterocycles. The van der Waals surface area contributed by atoms with Crippen LogP contribution in [-0.2, 0) is 17.8 Å². The van der Waals surface area contributed by atoms with Crippen molar-refractivity contribution in [3.05, 3.63) is 10.6 Å². The Kier molecular flexibility index (Phi) is 2.60. The van der Waals surface area contributed by atoms with Crippen LogP contribution in [0.4, 0.5) is 5.13 Å². The van der Waals surface area contributed by atoms with E-state index in [0.29, 0.717) is 18.2 Å². The third-order valence-electron chi connectivity index (χ3n) is 2.27. The fraction of sp³-hybridized carbons (Fsp3) is 0.400. The van der Waals surface area contributed by atoms with Crippen LogP contribution >= 0.6 is 11.3 Å². The Morgan fingerprint density at radius 1 is 1.67 bits per heavy atom. The number of aromatic nitrogens is 1. The van der Waals surface area contributed by atoms with Crippen molar-refractivity contribution in [3.8, 4) is 11.8 Å². The highest BCUT2D eigenvalue weighted by atomic mass is 32.1. The molecular weight excluding hydrogens is 210 g/mol. The maximum Gasteiger partial charge on any atom is 0.298 e. The number of hydrogen-bond donors (Lipinski definition) is 1. The molecular formula is C10H11N3OS. The van der Waals surface area contributed by atoms with Gasteiger partial charge in [-0.1, -0.05) is 5.92 Å². The van der Waals surface area contributed by atoms with Gasteiger partial charge in [0, 0.05) is 17.8 Å². The van der Waals surface area contributed by atoms with E-state index < -0.39 is 0 Å². The summed E-state index contributed by atoms with van der Waals surface area (Å²) in [6, 6.07) is 0. The van der Waals surface area contributed by atoms with Crippen molar-refractivity contribution in [1.82, 2.24) is 9.88 Å². The van der Waals surface area contributed by atoms with Gasteiger partial charge in [-0.25, -0.2) is 4.98 Å². The predicted octanol–water partition coefficient (Wildman–Crippen LogP) is 0.633. The van der Waals surface area contributed by atoms with E-state index >= 15 is 0 Å². The van der Waals surface area contributed by atoms with Crippen molar-refractivity contribution >= 4 is 22.4 Å². The normalized spacial score (nSPS) is 14.1. The fourth-order valence-corrected chi connectivity index (χ4v) is 2.47. The van der Waals surface area contributed by atoms with Gasteiger partial charge in [0.15, 0.2) is 5.13 Å². The van der Waals surface area contributed by atoms with Gasteiger partial charge in [0.25, 0.3) is 5.91 Å². The summed E-state index contributed by atoms with van der Waals surface area (Å²) in [6.45, 7) is 2.94. The molecule has 0 saturated heterocycles. The van der Waals surface area contributed by atoms with Crippen LogP contribution in [0.3, 0.4) is 0 Å². The van der Waals surface area contributed by atoms with Gasteiger partial charge in [-0.15, -0.1) is 11.3 Å². The van der Waals surface area contributed by atoms with Crippen LogP contribution in [0.5, 0.6) is 0 Å². The van der Waals surface area contributed by atoms with Gasteiger partial charge in [-0.3, -0.25) is 4.79 Å². The standard InChI is InChI=1S/C10H11N3OS/c1-2-3-9(14)13-5-4-7-8(6-13)15-10(11)12-7/h4-6H2,1H3,(H2,11,12). The summed E-state index contributed by atoms with van der Waals surface area (Å²) in [5.41, 5.74) is 6.65. The molecule has 1 aliphatic rings. The Morgan fingerprint density at radius 3 is 3.20 bits per heavy atom. The lowest BCUT2D eigenvalue weighted by Crippen LogP contribution is -2.34. The van der Waals surface area contributed by atoms with Crippen LogP contribution in [0.1, 0.15) is 17.5 Å². The second kappa shape index (κ2) is 3.91. The zero-order valence-electron chi connectivity index (χ0n) is 8.41. The van der Waals surface area contributed by atoms with Gasteiger partial charge < -0.3 is 10.6 Å². The van der Waals surface area contributed by atoms with Crippen LogP contribution in [0.2, 0.25) is 0 Å². The van der Waals surface area contributed by atoms with E-state index in [0.717, 1.165) is 17.0 Å². The average molecular weight is 221 g/mol. The Bertz CT molecular complexity index is 455. The first-order valence-corrected chi connectivity index (χ1v) is 5.48. The lowest BCUT2D eigenvalue weighted by Gasteiger charge is -2.23. The van der Waals surface area contributed by atoms with Crippen molar-refractivity contribution in [1.29, 1.82) is 0 Å². The van der Waals surface area contributed by atoms with Crippen molar-refractivity contribution in [2.45, 2.75) is 19.9 Å². The van der Waals surface area contributed by atoms with Crippen LogP contribution in [-0.4, -0.2) is 22.3 Å². The number of carbonyl (C=O) groups excluding carboxylic acids is 1. The third kappa shape index (κ3) is 1.95. The summed E-state index contributed by atoms with van der Waals surface area (Å²) in [6.07, 6.45) is 0.778. The zero-order valence-corrected chi connectivity index (χ0v) is 9.23. The highest BCUT2D eigenvalue weighted by Gasteiger charge is 2.22. The summed E-state index contributed by atoms with van der Waals surface area (Å²) >= 11 is 1.45. The van der Waals surface area contributed by atoms with E-state index in [1.54, 1.807) is 11.8 Å². The molecule has 0 radical (unpaired) electrons. The fourth-order valence-electron chi connectivity index (χ4n) is 1.57. The van der Waals surface area contributed by atoms with E-state index in [2.05, 4.69) is 16.8 Å². The van der Waals surface area contributed by atoms with Crippen molar-refractivity contribution in [2.24, 2.45) is 0 Å². The third-order valence-corrected chi connectivity index (χ3v) is 3.18. The van der Waals surface area contributed by atoms with E-state index in [9.17, 15) is 4.79 Å². The molecule has 0 saturated carbocycles. The molecule has 0 bridgehead atoms. The molecule has 0 aromatic carbocycles. The van der Waals surface area contributed by atoms with E-state index in [4.69, 9.17) is 5.73 Å². The molecule has 5 heteroatoms. The molecule has 0 spiro atoms. The molecule has 0 unspecified atom stereocenters. The largest absolute Gasteiger partial charge is 0.375 e. The highest BCUT2D eigenvalue weighted by Crippen LogP contribution is 2.26. The Hall–Kier alpha value is -1.54. The van der Waals surface area contributed by atoms with E-state index in [1.807, 2.05) is 0 Å². The van der Waals surface area contributed by atoms with Crippen LogP contribution in [0.25, 0.3) is 0 Å². The molecule has 78 valence electrons. The van der Waals surface area contributed by atoms with Crippen molar-refractivity contribution in [3.63, 3.8) is 0 Å². The van der Waals surface area contributed by atoms with E-state index in [1.165, 1.54) is 11.3 Å². The van der Waals surface area contributed by atoms with Crippen molar-refractivity contribution in [2.75, 3.05) is 12.3 Å². The number of carbonyl (C=O) groups is 1. The molecule has 2 N–H and O–H groups in total. The molecule has 4 nitrogen and oxygen atoms in total. The minimum Gasteiger partial charge on any atom is -0.375 e. The van der Waals surface area contributed by atoms with Crippen LogP contribution in [0, 0.1) is 11.8 Å². The zero-order chi connectivity index (χ0) is 10.8. The number of amides is 1. The molecule has 0 fully saturated rings. The number of hydrogen-bond acceptors (Lipinski definition) is 4. The van der Waals surface area contributed by atoms with Gasteiger partial charge in [0.05, 0.1) is 12.2 Å². The summed E-state index contributed by atoms with van der Waals surface area (Å²) in [7, 11) is 0. The molecule has 1 amide bonds. The molecule has 15 heavy (non-hydrogen) atoms. The highest BCUT2D eigenvalue weighted by molar-refractivity contribution is 7.15. The van der Waals surface area contributed by atoms with E-state index in [-0.39, 0.29) is 5.91 Å². The topological polar surface area (TPSA) is 59.2 Å². The minimum absolute atomic E-state index is 0.116. The first-order valence-electron chi connectivity index (χ1n) is 4.66. The molecule has 0 atom stereocenters. The summed E-state index contributed by atoms with van der Waals surface area (Å²) < 4.78 is 0. The Balaban J connectivity index is 2.17. The minimum atomic E-state index is -0.116. The van der Waals surface area contributed by atoms with Gasteiger partial charge in [0.1, 0.15) is 0 Å². The number of nitrogen functional groups attached to an aromatic ring is 1.